The van der Waals surface area contributed by atoms with Crippen molar-refractivity contribution in [2.45, 2.75) is 63.6 Å². The van der Waals surface area contributed by atoms with Crippen LogP contribution in [0.2, 0.25) is 0 Å². The minimum Gasteiger partial charge on any atom is -0.493 e. The third-order valence-corrected chi connectivity index (χ3v) is 4.66. The van der Waals surface area contributed by atoms with Crippen LogP contribution >= 0.6 is 0 Å². The lowest BCUT2D eigenvalue weighted by Crippen LogP contribution is -2.40. The van der Waals surface area contributed by atoms with E-state index < -0.39 is 0 Å². The number of aliphatic hydroxyl groups excluding tert-OH is 1. The van der Waals surface area contributed by atoms with E-state index in [4.69, 9.17) is 4.74 Å². The van der Waals surface area contributed by atoms with E-state index in [0.717, 1.165) is 38.0 Å². The fourth-order valence-electron chi connectivity index (χ4n) is 3.38. The number of ether oxygens (including phenoxy) is 1. The largest absolute Gasteiger partial charge is 0.493 e. The van der Waals surface area contributed by atoms with Crippen molar-refractivity contribution in [2.75, 3.05) is 6.61 Å². The fourth-order valence-corrected chi connectivity index (χ4v) is 3.38. The molecular weight excluding hydrogens is 250 g/mol. The molecule has 2 N–H and O–H groups in total. The predicted octanol–water partition coefficient (Wildman–Crippen LogP) is 2.97. The Hall–Kier alpha value is -1.06. The van der Waals surface area contributed by atoms with Crippen molar-refractivity contribution in [1.82, 2.24) is 5.32 Å². The monoisotopic (exact) mass is 275 g/mol. The lowest BCUT2D eigenvalue weighted by Gasteiger charge is -2.26. The molecule has 3 unspecified atom stereocenters. The molecule has 0 spiro atoms. The highest BCUT2D eigenvalue weighted by atomic mass is 16.5. The average Bonchev–Trinajstić information content (AvgIpc) is 2.83. The van der Waals surface area contributed by atoms with E-state index in [9.17, 15) is 5.11 Å². The van der Waals surface area contributed by atoms with E-state index in [0.29, 0.717) is 0 Å². The molecule has 3 rings (SSSR count). The summed E-state index contributed by atoms with van der Waals surface area (Å²) in [6.45, 7) is 3.00. The van der Waals surface area contributed by atoms with Crippen molar-refractivity contribution in [3.63, 3.8) is 0 Å². The minimum absolute atomic E-state index is 0.197. The first-order valence-corrected chi connectivity index (χ1v) is 7.94. The fraction of sp³-hybridized carbons (Fsp3) is 0.647. The van der Waals surface area contributed by atoms with Gasteiger partial charge in [-0.2, -0.15) is 0 Å². The van der Waals surface area contributed by atoms with Crippen LogP contribution in [-0.2, 0) is 6.42 Å². The molecule has 1 aromatic carbocycles. The van der Waals surface area contributed by atoms with Crippen molar-refractivity contribution in [2.24, 2.45) is 0 Å². The van der Waals surface area contributed by atoms with E-state index in [1.165, 1.54) is 24.0 Å². The van der Waals surface area contributed by atoms with Gasteiger partial charge in [0.1, 0.15) is 5.75 Å². The van der Waals surface area contributed by atoms with Crippen molar-refractivity contribution in [1.29, 1.82) is 0 Å². The highest BCUT2D eigenvalue weighted by molar-refractivity contribution is 5.40. The van der Waals surface area contributed by atoms with Crippen LogP contribution in [0, 0.1) is 0 Å². The molecule has 0 amide bonds. The number of rotatable bonds is 3. The lowest BCUT2D eigenvalue weighted by molar-refractivity contribution is 0.115. The second-order valence-electron chi connectivity index (χ2n) is 6.17. The quantitative estimate of drug-likeness (QED) is 0.833. The van der Waals surface area contributed by atoms with Gasteiger partial charge in [-0.25, -0.2) is 0 Å². The number of aliphatic hydroxyl groups is 1. The van der Waals surface area contributed by atoms with E-state index in [1.807, 2.05) is 0 Å². The molecule has 0 bridgehead atoms. The molecule has 3 atom stereocenters. The summed E-state index contributed by atoms with van der Waals surface area (Å²) in [4.78, 5) is 0. The summed E-state index contributed by atoms with van der Waals surface area (Å²) in [7, 11) is 0. The van der Waals surface area contributed by atoms with E-state index in [2.05, 4.69) is 30.4 Å². The molecule has 1 aromatic rings. The molecule has 1 aliphatic carbocycles. The molecule has 1 aliphatic heterocycles. The molecule has 3 nitrogen and oxygen atoms in total. The molecule has 0 radical (unpaired) electrons. The third-order valence-electron chi connectivity index (χ3n) is 4.66. The van der Waals surface area contributed by atoms with Gasteiger partial charge in [-0.3, -0.25) is 0 Å². The highest BCUT2D eigenvalue weighted by Crippen LogP contribution is 2.29. The molecule has 20 heavy (non-hydrogen) atoms. The van der Waals surface area contributed by atoms with E-state index in [-0.39, 0.29) is 18.2 Å². The topological polar surface area (TPSA) is 41.5 Å². The highest BCUT2D eigenvalue weighted by Gasteiger charge is 2.23. The normalized spacial score (nSPS) is 27.5. The van der Waals surface area contributed by atoms with Crippen LogP contribution in [0.25, 0.3) is 0 Å². The van der Waals surface area contributed by atoms with Crippen LogP contribution in [0.15, 0.2) is 18.2 Å². The van der Waals surface area contributed by atoms with Crippen molar-refractivity contribution in [3.8, 4) is 5.75 Å². The van der Waals surface area contributed by atoms with Crippen molar-refractivity contribution in [3.05, 3.63) is 29.3 Å². The average molecular weight is 275 g/mol. The van der Waals surface area contributed by atoms with Crippen LogP contribution in [0.3, 0.4) is 0 Å². The van der Waals surface area contributed by atoms with Gasteiger partial charge in [-0.05, 0) is 37.0 Å². The first-order valence-electron chi connectivity index (χ1n) is 7.94. The van der Waals surface area contributed by atoms with Crippen LogP contribution in [0.1, 0.15) is 56.2 Å². The van der Waals surface area contributed by atoms with E-state index >= 15 is 0 Å². The molecule has 0 aromatic heterocycles. The number of nitrogens with one attached hydrogen (secondary N) is 1. The molecular formula is C17H25NO2. The van der Waals surface area contributed by atoms with Gasteiger partial charge in [0.15, 0.2) is 0 Å². The molecule has 1 fully saturated rings. The number of hydrogen-bond acceptors (Lipinski definition) is 3. The van der Waals surface area contributed by atoms with Crippen LogP contribution in [0.4, 0.5) is 0 Å². The summed E-state index contributed by atoms with van der Waals surface area (Å²) >= 11 is 0. The van der Waals surface area contributed by atoms with E-state index in [1.54, 1.807) is 0 Å². The van der Waals surface area contributed by atoms with Gasteiger partial charge in [0.25, 0.3) is 0 Å². The number of fused-ring (bicyclic) bond motifs is 1. The van der Waals surface area contributed by atoms with Gasteiger partial charge in [0.05, 0.1) is 12.7 Å². The van der Waals surface area contributed by atoms with Crippen LogP contribution in [-0.4, -0.2) is 23.9 Å². The van der Waals surface area contributed by atoms with Gasteiger partial charge in [0.2, 0.25) is 0 Å². The molecule has 1 heterocycles. The van der Waals surface area contributed by atoms with Gasteiger partial charge in [-0.15, -0.1) is 0 Å². The Bertz CT molecular complexity index is 460. The molecule has 1 saturated carbocycles. The molecule has 3 heteroatoms. The summed E-state index contributed by atoms with van der Waals surface area (Å²) in [5.74, 6) is 1.04. The summed E-state index contributed by atoms with van der Waals surface area (Å²) in [5.41, 5.74) is 2.61. The first kappa shape index (κ1) is 13.9. The zero-order valence-electron chi connectivity index (χ0n) is 12.3. The molecule has 0 saturated heterocycles. The van der Waals surface area contributed by atoms with Crippen LogP contribution in [0.5, 0.6) is 5.75 Å². The standard InChI is InChI=1S/C17H25NO2/c1-12(18-15-5-3-2-4-6-16(15)19)13-7-8-17-14(11-13)9-10-20-17/h7-8,11-12,15-16,18-19H,2-6,9-10H2,1H3. The summed E-state index contributed by atoms with van der Waals surface area (Å²) in [6.07, 6.45) is 6.46. The first-order chi connectivity index (χ1) is 9.74. The van der Waals surface area contributed by atoms with Gasteiger partial charge in [-0.1, -0.05) is 31.4 Å². The Morgan fingerprint density at radius 3 is 3.00 bits per heavy atom. The summed E-state index contributed by atoms with van der Waals surface area (Å²) in [5, 5.41) is 13.8. The predicted molar refractivity (Wildman–Crippen MR) is 80.1 cm³/mol. The molecule has 2 aliphatic rings. The summed E-state index contributed by atoms with van der Waals surface area (Å²) in [6, 6.07) is 6.99. The third kappa shape index (κ3) is 2.99. The minimum atomic E-state index is -0.197. The zero-order chi connectivity index (χ0) is 13.9. The maximum absolute atomic E-state index is 10.2. The maximum Gasteiger partial charge on any atom is 0.122 e. The van der Waals surface area contributed by atoms with Crippen molar-refractivity contribution >= 4 is 0 Å². The zero-order valence-corrected chi connectivity index (χ0v) is 12.3. The Morgan fingerprint density at radius 2 is 2.10 bits per heavy atom. The Balaban J connectivity index is 1.67. The van der Waals surface area contributed by atoms with Gasteiger partial charge >= 0.3 is 0 Å². The second-order valence-corrected chi connectivity index (χ2v) is 6.17. The number of benzene rings is 1. The molecule has 110 valence electrons. The number of hydrogen-bond donors (Lipinski definition) is 2. The van der Waals surface area contributed by atoms with Crippen LogP contribution < -0.4 is 10.1 Å². The Labute approximate surface area is 121 Å². The van der Waals surface area contributed by atoms with Gasteiger partial charge in [0, 0.05) is 18.5 Å². The SMILES string of the molecule is CC(NC1CCCCCC1O)c1ccc2c(c1)CCO2. The summed E-state index contributed by atoms with van der Waals surface area (Å²) < 4.78 is 5.56. The van der Waals surface area contributed by atoms with Crippen molar-refractivity contribution < 1.29 is 9.84 Å². The van der Waals surface area contributed by atoms with Gasteiger partial charge < -0.3 is 15.2 Å². The second kappa shape index (κ2) is 6.15. The Morgan fingerprint density at radius 1 is 1.25 bits per heavy atom. The Kier molecular flexibility index (Phi) is 4.27. The lowest BCUT2D eigenvalue weighted by atomic mass is 10.00. The maximum atomic E-state index is 10.2. The smallest absolute Gasteiger partial charge is 0.122 e.